The summed E-state index contributed by atoms with van der Waals surface area (Å²) in [7, 11) is 0. The standard InChI is InChI=1S/C15H20N2O3/c1-15(14(19)20)5-7-17(8-6-15)13(18)10-11-3-2-4-12(16)9-11/h2-4,9H,5-8,10,16H2,1H3,(H,19,20). The molecule has 1 fully saturated rings. The zero-order valence-corrected chi connectivity index (χ0v) is 11.6. The molecule has 108 valence electrons. The number of likely N-dealkylation sites (tertiary alicyclic amines) is 1. The Kier molecular flexibility index (Phi) is 3.97. The van der Waals surface area contributed by atoms with Gasteiger partial charge < -0.3 is 15.7 Å². The molecule has 2 rings (SSSR count). The number of aliphatic carboxylic acids is 1. The monoisotopic (exact) mass is 276 g/mol. The van der Waals surface area contributed by atoms with Crippen molar-refractivity contribution in [1.82, 2.24) is 4.90 Å². The molecule has 0 saturated carbocycles. The molecular weight excluding hydrogens is 256 g/mol. The van der Waals surface area contributed by atoms with Crippen molar-refractivity contribution in [3.05, 3.63) is 29.8 Å². The number of carboxylic acids is 1. The third kappa shape index (κ3) is 3.10. The zero-order valence-electron chi connectivity index (χ0n) is 11.6. The molecule has 1 aliphatic rings. The Morgan fingerprint density at radius 3 is 2.55 bits per heavy atom. The molecule has 1 aliphatic heterocycles. The number of anilines is 1. The Labute approximate surface area is 118 Å². The van der Waals surface area contributed by atoms with E-state index in [9.17, 15) is 14.7 Å². The van der Waals surface area contributed by atoms with Crippen LogP contribution in [0.3, 0.4) is 0 Å². The quantitative estimate of drug-likeness (QED) is 0.820. The van der Waals surface area contributed by atoms with Crippen LogP contribution in [0.5, 0.6) is 0 Å². The first-order valence-electron chi connectivity index (χ1n) is 6.76. The van der Waals surface area contributed by atoms with Crippen LogP contribution in [0.2, 0.25) is 0 Å². The van der Waals surface area contributed by atoms with E-state index in [2.05, 4.69) is 0 Å². The van der Waals surface area contributed by atoms with Gasteiger partial charge in [-0.15, -0.1) is 0 Å². The molecule has 0 spiro atoms. The highest BCUT2D eigenvalue weighted by molar-refractivity contribution is 5.80. The second-order valence-corrected chi connectivity index (χ2v) is 5.67. The summed E-state index contributed by atoms with van der Waals surface area (Å²) in [6, 6.07) is 7.28. The third-order valence-electron chi connectivity index (χ3n) is 4.04. The summed E-state index contributed by atoms with van der Waals surface area (Å²) in [5.74, 6) is -0.747. The van der Waals surface area contributed by atoms with Gasteiger partial charge in [-0.25, -0.2) is 0 Å². The molecule has 5 heteroatoms. The number of carboxylic acid groups (broad SMARTS) is 1. The first-order chi connectivity index (χ1) is 9.40. The van der Waals surface area contributed by atoms with Crippen LogP contribution >= 0.6 is 0 Å². The molecule has 0 aliphatic carbocycles. The number of hydrogen-bond acceptors (Lipinski definition) is 3. The predicted octanol–water partition coefficient (Wildman–Crippen LogP) is 1.52. The van der Waals surface area contributed by atoms with E-state index >= 15 is 0 Å². The van der Waals surface area contributed by atoms with E-state index in [4.69, 9.17) is 5.73 Å². The van der Waals surface area contributed by atoms with E-state index in [1.165, 1.54) is 0 Å². The number of nitrogen functional groups attached to an aromatic ring is 1. The summed E-state index contributed by atoms with van der Waals surface area (Å²) in [4.78, 5) is 25.1. The Hall–Kier alpha value is -2.04. The van der Waals surface area contributed by atoms with E-state index in [-0.39, 0.29) is 5.91 Å². The molecule has 0 aromatic heterocycles. The lowest BCUT2D eigenvalue weighted by atomic mass is 9.80. The highest BCUT2D eigenvalue weighted by Gasteiger charge is 2.37. The summed E-state index contributed by atoms with van der Waals surface area (Å²) < 4.78 is 0. The SMILES string of the molecule is CC1(C(=O)O)CCN(C(=O)Cc2cccc(N)c2)CC1. The highest BCUT2D eigenvalue weighted by Crippen LogP contribution is 2.31. The van der Waals surface area contributed by atoms with E-state index in [0.29, 0.717) is 38.0 Å². The van der Waals surface area contributed by atoms with Crippen LogP contribution in [0.1, 0.15) is 25.3 Å². The normalized spacial score (nSPS) is 17.8. The molecule has 3 N–H and O–H groups in total. The van der Waals surface area contributed by atoms with Crippen LogP contribution in [0.15, 0.2) is 24.3 Å². The number of hydrogen-bond donors (Lipinski definition) is 2. The minimum Gasteiger partial charge on any atom is -0.481 e. The maximum atomic E-state index is 12.2. The van der Waals surface area contributed by atoms with Gasteiger partial charge in [0.05, 0.1) is 11.8 Å². The summed E-state index contributed by atoms with van der Waals surface area (Å²) in [5.41, 5.74) is 6.53. The van der Waals surface area contributed by atoms with Crippen molar-refractivity contribution < 1.29 is 14.7 Å². The highest BCUT2D eigenvalue weighted by atomic mass is 16.4. The van der Waals surface area contributed by atoms with Crippen molar-refractivity contribution >= 4 is 17.6 Å². The average molecular weight is 276 g/mol. The molecule has 0 radical (unpaired) electrons. The van der Waals surface area contributed by atoms with Crippen LogP contribution in [0.4, 0.5) is 5.69 Å². The number of rotatable bonds is 3. The van der Waals surface area contributed by atoms with E-state index in [1.54, 1.807) is 24.0 Å². The van der Waals surface area contributed by atoms with Crippen molar-refractivity contribution in [2.75, 3.05) is 18.8 Å². The molecule has 0 bridgehead atoms. The van der Waals surface area contributed by atoms with Gasteiger partial charge in [0, 0.05) is 18.8 Å². The molecule has 5 nitrogen and oxygen atoms in total. The lowest BCUT2D eigenvalue weighted by Crippen LogP contribution is -2.45. The molecule has 0 unspecified atom stereocenters. The molecule has 1 heterocycles. The van der Waals surface area contributed by atoms with Gasteiger partial charge in [0.1, 0.15) is 0 Å². The molecule has 0 atom stereocenters. The fourth-order valence-electron chi connectivity index (χ4n) is 2.45. The second kappa shape index (κ2) is 5.53. The summed E-state index contributed by atoms with van der Waals surface area (Å²) in [6.45, 7) is 2.75. The molecular formula is C15H20N2O3. The predicted molar refractivity (Wildman–Crippen MR) is 76.1 cm³/mol. The maximum absolute atomic E-state index is 12.2. The lowest BCUT2D eigenvalue weighted by molar-refractivity contribution is -0.152. The van der Waals surface area contributed by atoms with Gasteiger partial charge in [0.25, 0.3) is 0 Å². The van der Waals surface area contributed by atoms with Crippen LogP contribution in [-0.4, -0.2) is 35.0 Å². The van der Waals surface area contributed by atoms with Gasteiger partial charge in [0.15, 0.2) is 0 Å². The fraction of sp³-hybridized carbons (Fsp3) is 0.467. The number of nitrogens with zero attached hydrogens (tertiary/aromatic N) is 1. The number of carbonyl (C=O) groups excluding carboxylic acids is 1. The average Bonchev–Trinajstić information content (AvgIpc) is 2.39. The van der Waals surface area contributed by atoms with Crippen molar-refractivity contribution in [1.29, 1.82) is 0 Å². The van der Waals surface area contributed by atoms with E-state index in [1.807, 2.05) is 12.1 Å². The minimum atomic E-state index is -0.777. The Balaban J connectivity index is 1.94. The van der Waals surface area contributed by atoms with Crippen molar-refractivity contribution in [2.45, 2.75) is 26.2 Å². The number of benzene rings is 1. The lowest BCUT2D eigenvalue weighted by Gasteiger charge is -2.36. The van der Waals surface area contributed by atoms with Gasteiger partial charge in [-0.3, -0.25) is 9.59 Å². The van der Waals surface area contributed by atoms with Gasteiger partial charge in [-0.1, -0.05) is 12.1 Å². The van der Waals surface area contributed by atoms with E-state index in [0.717, 1.165) is 5.56 Å². The Morgan fingerprint density at radius 2 is 2.00 bits per heavy atom. The first-order valence-corrected chi connectivity index (χ1v) is 6.76. The number of piperidine rings is 1. The number of carbonyl (C=O) groups is 2. The third-order valence-corrected chi connectivity index (χ3v) is 4.04. The summed E-state index contributed by atoms with van der Waals surface area (Å²) >= 11 is 0. The second-order valence-electron chi connectivity index (χ2n) is 5.67. The number of nitrogens with two attached hydrogens (primary N) is 1. The number of amides is 1. The van der Waals surface area contributed by atoms with Gasteiger partial charge in [0.2, 0.25) is 5.91 Å². The minimum absolute atomic E-state index is 0.0306. The first kappa shape index (κ1) is 14.4. The van der Waals surface area contributed by atoms with Gasteiger partial charge >= 0.3 is 5.97 Å². The fourth-order valence-corrected chi connectivity index (χ4v) is 2.45. The maximum Gasteiger partial charge on any atom is 0.309 e. The molecule has 1 saturated heterocycles. The van der Waals surface area contributed by atoms with Crippen LogP contribution in [-0.2, 0) is 16.0 Å². The Bertz CT molecular complexity index is 520. The smallest absolute Gasteiger partial charge is 0.309 e. The zero-order chi connectivity index (χ0) is 14.8. The topological polar surface area (TPSA) is 83.6 Å². The van der Waals surface area contributed by atoms with Gasteiger partial charge in [-0.2, -0.15) is 0 Å². The summed E-state index contributed by atoms with van der Waals surface area (Å²) in [6.07, 6.45) is 1.32. The van der Waals surface area contributed by atoms with E-state index < -0.39 is 11.4 Å². The molecule has 1 aromatic rings. The molecule has 1 aromatic carbocycles. The van der Waals surface area contributed by atoms with Crippen molar-refractivity contribution in [3.8, 4) is 0 Å². The van der Waals surface area contributed by atoms with Crippen LogP contribution in [0.25, 0.3) is 0 Å². The Morgan fingerprint density at radius 1 is 1.35 bits per heavy atom. The van der Waals surface area contributed by atoms with Crippen LogP contribution < -0.4 is 5.73 Å². The molecule has 1 amide bonds. The van der Waals surface area contributed by atoms with Crippen LogP contribution in [0, 0.1) is 5.41 Å². The van der Waals surface area contributed by atoms with Crippen molar-refractivity contribution in [3.63, 3.8) is 0 Å². The van der Waals surface area contributed by atoms with Crippen molar-refractivity contribution in [2.24, 2.45) is 5.41 Å². The van der Waals surface area contributed by atoms with Gasteiger partial charge in [-0.05, 0) is 37.5 Å². The summed E-state index contributed by atoms with van der Waals surface area (Å²) in [5, 5.41) is 9.17. The molecule has 20 heavy (non-hydrogen) atoms. The largest absolute Gasteiger partial charge is 0.481 e.